The Morgan fingerprint density at radius 3 is 2.52 bits per heavy atom. The van der Waals surface area contributed by atoms with E-state index >= 15 is 0 Å². The van der Waals surface area contributed by atoms with Crippen molar-refractivity contribution in [3.8, 4) is 0 Å². The summed E-state index contributed by atoms with van der Waals surface area (Å²) >= 11 is 0. The number of carbonyl (C=O) groups is 2. The monoisotopic (exact) mass is 318 g/mol. The normalized spacial score (nSPS) is 31.8. The third-order valence-corrected chi connectivity index (χ3v) is 4.90. The number of fused-ring (bicyclic) bond motifs is 1. The molecule has 0 aromatic heterocycles. The summed E-state index contributed by atoms with van der Waals surface area (Å²) in [5.74, 6) is -0.640. The molecule has 0 unspecified atom stereocenters. The van der Waals surface area contributed by atoms with E-state index < -0.39 is 11.4 Å². The third kappa shape index (κ3) is 3.39. The van der Waals surface area contributed by atoms with Crippen molar-refractivity contribution >= 4 is 11.9 Å². The lowest BCUT2D eigenvalue weighted by molar-refractivity contribution is -0.157. The fraction of sp³-hybridized carbons (Fsp3) is 0.556. The Balaban J connectivity index is 1.40. The van der Waals surface area contributed by atoms with Gasteiger partial charge in [0.25, 0.3) is 0 Å². The molecular formula is C18H22O5. The number of epoxide rings is 1. The Kier molecular flexibility index (Phi) is 4.15. The maximum absolute atomic E-state index is 12.3. The molecule has 2 aliphatic rings. The quantitative estimate of drug-likeness (QED) is 0.474. The molecule has 5 heteroatoms. The van der Waals surface area contributed by atoms with Crippen LogP contribution in [0.5, 0.6) is 0 Å². The van der Waals surface area contributed by atoms with Crippen LogP contribution in [0.15, 0.2) is 30.3 Å². The van der Waals surface area contributed by atoms with Crippen LogP contribution in [0.2, 0.25) is 0 Å². The minimum absolute atomic E-state index is 0.0228. The summed E-state index contributed by atoms with van der Waals surface area (Å²) in [6, 6.07) is 8.74. The van der Waals surface area contributed by atoms with E-state index in [9.17, 15) is 9.59 Å². The Labute approximate surface area is 135 Å². The predicted molar refractivity (Wildman–Crippen MR) is 82.9 cm³/mol. The van der Waals surface area contributed by atoms with E-state index in [-0.39, 0.29) is 30.9 Å². The molecule has 1 aromatic carbocycles. The smallest absolute Gasteiger partial charge is 0.338 e. The molecule has 0 bridgehead atoms. The maximum Gasteiger partial charge on any atom is 0.338 e. The van der Waals surface area contributed by atoms with Crippen molar-refractivity contribution in [3.63, 3.8) is 0 Å². The fourth-order valence-electron chi connectivity index (χ4n) is 3.09. The first kappa shape index (κ1) is 16.0. The second-order valence-corrected chi connectivity index (χ2v) is 6.82. The van der Waals surface area contributed by atoms with Gasteiger partial charge >= 0.3 is 11.9 Å². The molecule has 1 saturated carbocycles. The van der Waals surface area contributed by atoms with Crippen LogP contribution in [0, 0.1) is 5.41 Å². The number of benzene rings is 1. The van der Waals surface area contributed by atoms with Gasteiger partial charge in [0.1, 0.15) is 13.2 Å². The third-order valence-electron chi connectivity index (χ3n) is 4.90. The average Bonchev–Trinajstić information content (AvgIpc) is 3.22. The van der Waals surface area contributed by atoms with Crippen molar-refractivity contribution in [1.82, 2.24) is 0 Å². The first-order valence-electron chi connectivity index (χ1n) is 8.00. The highest BCUT2D eigenvalue weighted by molar-refractivity contribution is 5.89. The minimum Gasteiger partial charge on any atom is -0.462 e. The summed E-state index contributed by atoms with van der Waals surface area (Å²) in [5.41, 5.74) is -0.0296. The highest BCUT2D eigenvalue weighted by atomic mass is 16.6. The van der Waals surface area contributed by atoms with Crippen LogP contribution in [0.1, 0.15) is 43.5 Å². The van der Waals surface area contributed by atoms with Gasteiger partial charge in [-0.3, -0.25) is 4.79 Å². The molecule has 124 valence electrons. The molecule has 1 aliphatic heterocycles. The van der Waals surface area contributed by atoms with Crippen LogP contribution in [0.3, 0.4) is 0 Å². The van der Waals surface area contributed by atoms with Crippen LogP contribution in [0.25, 0.3) is 0 Å². The summed E-state index contributed by atoms with van der Waals surface area (Å²) < 4.78 is 16.0. The first-order valence-corrected chi connectivity index (χ1v) is 8.00. The zero-order valence-corrected chi connectivity index (χ0v) is 13.5. The number of hydrogen-bond acceptors (Lipinski definition) is 5. The van der Waals surface area contributed by atoms with Crippen LogP contribution in [-0.2, 0) is 19.0 Å². The van der Waals surface area contributed by atoms with Gasteiger partial charge in [-0.25, -0.2) is 4.79 Å². The molecule has 0 radical (unpaired) electrons. The lowest BCUT2D eigenvalue weighted by atomic mass is 9.72. The van der Waals surface area contributed by atoms with Crippen molar-refractivity contribution in [2.45, 2.75) is 44.8 Å². The van der Waals surface area contributed by atoms with Crippen LogP contribution < -0.4 is 0 Å². The van der Waals surface area contributed by atoms with Gasteiger partial charge in [0.2, 0.25) is 0 Å². The molecule has 3 rings (SSSR count). The molecule has 0 N–H and O–H groups in total. The predicted octanol–water partition coefficient (Wildman–Crippen LogP) is 2.73. The fourth-order valence-corrected chi connectivity index (χ4v) is 3.09. The van der Waals surface area contributed by atoms with Gasteiger partial charge in [0.15, 0.2) is 0 Å². The van der Waals surface area contributed by atoms with Gasteiger partial charge < -0.3 is 14.2 Å². The Hall–Kier alpha value is -1.88. The van der Waals surface area contributed by atoms with Crippen molar-refractivity contribution in [1.29, 1.82) is 0 Å². The number of esters is 2. The molecule has 1 aliphatic carbocycles. The van der Waals surface area contributed by atoms with E-state index in [1.165, 1.54) is 0 Å². The number of carbonyl (C=O) groups excluding carboxylic acids is 2. The van der Waals surface area contributed by atoms with Gasteiger partial charge in [-0.2, -0.15) is 0 Å². The van der Waals surface area contributed by atoms with E-state index in [0.717, 1.165) is 12.8 Å². The van der Waals surface area contributed by atoms with E-state index in [2.05, 4.69) is 6.92 Å². The highest BCUT2D eigenvalue weighted by Gasteiger charge is 2.60. The lowest BCUT2D eigenvalue weighted by Gasteiger charge is -2.31. The van der Waals surface area contributed by atoms with Crippen molar-refractivity contribution in [3.05, 3.63) is 35.9 Å². The summed E-state index contributed by atoms with van der Waals surface area (Å²) in [6.07, 6.45) is 2.52. The SMILES string of the molecule is C[C@@]1(C(=O)OCCOC(=O)c2ccccc2)CC[C@]2(C)O[C@@H]2C1. The second kappa shape index (κ2) is 5.96. The van der Waals surface area contributed by atoms with E-state index in [0.29, 0.717) is 12.0 Å². The molecule has 2 fully saturated rings. The molecule has 1 heterocycles. The summed E-state index contributed by atoms with van der Waals surface area (Å²) in [5, 5.41) is 0. The van der Waals surface area contributed by atoms with E-state index in [1.54, 1.807) is 24.3 Å². The van der Waals surface area contributed by atoms with Crippen molar-refractivity contribution in [2.24, 2.45) is 5.41 Å². The van der Waals surface area contributed by atoms with Crippen LogP contribution >= 0.6 is 0 Å². The molecule has 23 heavy (non-hydrogen) atoms. The number of rotatable bonds is 5. The Bertz CT molecular complexity index is 599. The minimum atomic E-state index is -0.496. The zero-order valence-electron chi connectivity index (χ0n) is 13.5. The largest absolute Gasteiger partial charge is 0.462 e. The van der Waals surface area contributed by atoms with Gasteiger partial charge in [0.05, 0.1) is 22.7 Å². The van der Waals surface area contributed by atoms with E-state index in [1.807, 2.05) is 13.0 Å². The van der Waals surface area contributed by atoms with Gasteiger partial charge in [-0.05, 0) is 45.2 Å². The molecule has 0 amide bonds. The summed E-state index contributed by atoms with van der Waals surface area (Å²) in [4.78, 5) is 24.0. The highest BCUT2D eigenvalue weighted by Crippen LogP contribution is 2.53. The number of ether oxygens (including phenoxy) is 3. The van der Waals surface area contributed by atoms with Gasteiger partial charge in [-0.15, -0.1) is 0 Å². The molecule has 3 atom stereocenters. The van der Waals surface area contributed by atoms with Gasteiger partial charge in [0, 0.05) is 0 Å². The second-order valence-electron chi connectivity index (χ2n) is 6.82. The standard InChI is InChI=1S/C18H22O5/c1-17(8-9-18(2)14(12-17)23-18)16(20)22-11-10-21-15(19)13-6-4-3-5-7-13/h3-7,14H,8-12H2,1-2H3/t14-,17-,18+/m1/s1. The molecular weight excluding hydrogens is 296 g/mol. The van der Waals surface area contributed by atoms with E-state index in [4.69, 9.17) is 14.2 Å². The Morgan fingerprint density at radius 1 is 1.13 bits per heavy atom. The van der Waals surface area contributed by atoms with Gasteiger partial charge in [-0.1, -0.05) is 18.2 Å². The number of hydrogen-bond donors (Lipinski definition) is 0. The maximum atomic E-state index is 12.3. The molecule has 5 nitrogen and oxygen atoms in total. The van der Waals surface area contributed by atoms with Crippen molar-refractivity contribution < 1.29 is 23.8 Å². The first-order chi connectivity index (χ1) is 10.9. The van der Waals surface area contributed by atoms with Crippen LogP contribution in [-0.4, -0.2) is 36.9 Å². The molecule has 1 aromatic rings. The molecule has 0 spiro atoms. The van der Waals surface area contributed by atoms with Crippen LogP contribution in [0.4, 0.5) is 0 Å². The summed E-state index contributed by atoms with van der Waals surface area (Å²) in [6.45, 7) is 4.15. The Morgan fingerprint density at radius 2 is 1.83 bits per heavy atom. The zero-order chi connectivity index (χ0) is 16.5. The lowest BCUT2D eigenvalue weighted by Crippen LogP contribution is -2.37. The van der Waals surface area contributed by atoms with Crippen molar-refractivity contribution in [2.75, 3.05) is 13.2 Å². The average molecular weight is 318 g/mol. The topological polar surface area (TPSA) is 65.1 Å². The molecule has 1 saturated heterocycles. The summed E-state index contributed by atoms with van der Waals surface area (Å²) in [7, 11) is 0.